The van der Waals surface area contributed by atoms with E-state index in [1.165, 1.54) is 65.7 Å². The second-order valence-electron chi connectivity index (χ2n) is 14.2. The number of benzene rings is 10. The molecule has 0 spiro atoms. The molecule has 264 valence electrons. The molecule has 0 bridgehead atoms. The minimum Gasteiger partial charge on any atom is -0.356 e. The molecule has 0 aromatic heterocycles. The summed E-state index contributed by atoms with van der Waals surface area (Å²) in [4.78, 5) is 2.38. The molecular formula is C54H38N2. The van der Waals surface area contributed by atoms with Crippen molar-refractivity contribution >= 4 is 60.8 Å². The minimum atomic E-state index is 1.05. The molecule has 0 aliphatic heterocycles. The third kappa shape index (κ3) is 6.24. The first-order valence-corrected chi connectivity index (χ1v) is 19.2. The van der Waals surface area contributed by atoms with E-state index >= 15 is 0 Å². The van der Waals surface area contributed by atoms with Crippen molar-refractivity contribution in [2.24, 2.45) is 0 Å². The van der Waals surface area contributed by atoms with Gasteiger partial charge in [-0.3, -0.25) is 0 Å². The van der Waals surface area contributed by atoms with Gasteiger partial charge in [0.2, 0.25) is 0 Å². The number of hydrogen-bond donors (Lipinski definition) is 1. The molecule has 2 nitrogen and oxygen atoms in total. The normalized spacial score (nSPS) is 11.2. The van der Waals surface area contributed by atoms with E-state index in [0.29, 0.717) is 0 Å². The lowest BCUT2D eigenvalue weighted by molar-refractivity contribution is 1.29. The van der Waals surface area contributed by atoms with E-state index in [1.807, 2.05) is 6.07 Å². The molecule has 56 heavy (non-hydrogen) atoms. The highest BCUT2D eigenvalue weighted by molar-refractivity contribution is 6.22. The Morgan fingerprint density at radius 2 is 0.750 bits per heavy atom. The molecule has 0 saturated heterocycles. The summed E-state index contributed by atoms with van der Waals surface area (Å²) in [7, 11) is 0. The second kappa shape index (κ2) is 14.4. The predicted octanol–water partition coefficient (Wildman–Crippen LogP) is 15.4. The van der Waals surface area contributed by atoms with E-state index in [2.05, 4.69) is 229 Å². The Bertz CT molecular complexity index is 2960. The Morgan fingerprint density at radius 1 is 0.268 bits per heavy atom. The van der Waals surface area contributed by atoms with E-state index in [0.717, 1.165) is 28.4 Å². The van der Waals surface area contributed by atoms with Crippen molar-refractivity contribution in [3.05, 3.63) is 224 Å². The van der Waals surface area contributed by atoms with Crippen LogP contribution in [0, 0.1) is 0 Å². The molecule has 0 aliphatic carbocycles. The molecule has 1 N–H and O–H groups in total. The highest BCUT2D eigenvalue weighted by atomic mass is 15.1. The predicted molar refractivity (Wildman–Crippen MR) is 240 cm³/mol. The Balaban J connectivity index is 1.25. The van der Waals surface area contributed by atoms with Gasteiger partial charge in [0.05, 0.1) is 0 Å². The Kier molecular flexibility index (Phi) is 8.55. The monoisotopic (exact) mass is 714 g/mol. The Morgan fingerprint density at radius 3 is 1.45 bits per heavy atom. The summed E-state index contributed by atoms with van der Waals surface area (Å²) in [5, 5.41) is 10.9. The lowest BCUT2D eigenvalue weighted by Crippen LogP contribution is -2.10. The molecule has 2 heteroatoms. The van der Waals surface area contributed by atoms with Crippen LogP contribution in [0.5, 0.6) is 0 Å². The van der Waals surface area contributed by atoms with Gasteiger partial charge in [-0.1, -0.05) is 164 Å². The SMILES string of the molecule is c1ccc(Nc2ccc3c(-c4ccccc4)c4cc(N(c5ccccc5)c5ccc6ccccc6c5)ccc4c(-c4ccc(-c5ccccc5)cc4)c3c2)cc1. The van der Waals surface area contributed by atoms with Crippen molar-refractivity contribution in [3.63, 3.8) is 0 Å². The van der Waals surface area contributed by atoms with Crippen LogP contribution in [-0.4, -0.2) is 0 Å². The molecule has 0 aliphatic rings. The fourth-order valence-electron chi connectivity index (χ4n) is 8.15. The largest absolute Gasteiger partial charge is 0.356 e. The number of nitrogens with one attached hydrogen (secondary N) is 1. The van der Waals surface area contributed by atoms with Crippen molar-refractivity contribution < 1.29 is 0 Å². The van der Waals surface area contributed by atoms with E-state index in [9.17, 15) is 0 Å². The fraction of sp³-hybridized carbons (Fsp3) is 0. The topological polar surface area (TPSA) is 15.3 Å². The van der Waals surface area contributed by atoms with Crippen LogP contribution in [0.3, 0.4) is 0 Å². The van der Waals surface area contributed by atoms with Gasteiger partial charge in [0, 0.05) is 28.4 Å². The summed E-state index contributed by atoms with van der Waals surface area (Å²) in [5.41, 5.74) is 12.6. The molecule has 10 rings (SSSR count). The van der Waals surface area contributed by atoms with Crippen LogP contribution in [0.2, 0.25) is 0 Å². The number of rotatable bonds is 8. The maximum atomic E-state index is 3.68. The lowest BCUT2D eigenvalue weighted by atomic mass is 9.85. The maximum Gasteiger partial charge on any atom is 0.0468 e. The standard InChI is InChI=1S/C54H38N2/c1-5-15-38(16-6-1)40-25-27-42(28-26-40)54-50-34-32-48(56(46-23-11-4-12-24-46)47-31-29-39-17-13-14-20-43(39)35-47)37-52(50)53(41-18-7-2-8-19-41)49-33-30-45(36-51(49)54)55-44-21-9-3-10-22-44/h1-37,55H. The molecule has 0 fully saturated rings. The second-order valence-corrected chi connectivity index (χ2v) is 14.2. The minimum absolute atomic E-state index is 1.05. The van der Waals surface area contributed by atoms with Crippen molar-refractivity contribution in [1.29, 1.82) is 0 Å². The third-order valence-electron chi connectivity index (χ3n) is 10.8. The smallest absolute Gasteiger partial charge is 0.0468 e. The molecule has 0 radical (unpaired) electrons. The molecule has 10 aromatic carbocycles. The van der Waals surface area contributed by atoms with Crippen LogP contribution in [0.4, 0.5) is 28.4 Å². The number of hydrogen-bond acceptors (Lipinski definition) is 2. The number of anilines is 5. The fourth-order valence-corrected chi connectivity index (χ4v) is 8.15. The van der Waals surface area contributed by atoms with Gasteiger partial charge in [-0.15, -0.1) is 0 Å². The van der Waals surface area contributed by atoms with Crippen molar-refractivity contribution in [3.8, 4) is 33.4 Å². The first kappa shape index (κ1) is 33.2. The summed E-state index contributed by atoms with van der Waals surface area (Å²) >= 11 is 0. The summed E-state index contributed by atoms with van der Waals surface area (Å²) < 4.78 is 0. The van der Waals surface area contributed by atoms with Gasteiger partial charge >= 0.3 is 0 Å². The lowest BCUT2D eigenvalue weighted by Gasteiger charge is -2.27. The zero-order valence-electron chi connectivity index (χ0n) is 30.8. The first-order chi connectivity index (χ1) is 27.8. The van der Waals surface area contributed by atoms with Crippen LogP contribution >= 0.6 is 0 Å². The zero-order valence-corrected chi connectivity index (χ0v) is 30.8. The van der Waals surface area contributed by atoms with Gasteiger partial charge in [0.1, 0.15) is 0 Å². The summed E-state index contributed by atoms with van der Waals surface area (Å²) in [6, 6.07) is 80.9. The zero-order chi connectivity index (χ0) is 37.3. The highest BCUT2D eigenvalue weighted by Crippen LogP contribution is 2.47. The molecular weight excluding hydrogens is 677 g/mol. The van der Waals surface area contributed by atoms with Gasteiger partial charge in [0.25, 0.3) is 0 Å². The average molecular weight is 715 g/mol. The summed E-state index contributed by atoms with van der Waals surface area (Å²) in [6.45, 7) is 0. The molecule has 10 aromatic rings. The first-order valence-electron chi connectivity index (χ1n) is 19.2. The third-order valence-corrected chi connectivity index (χ3v) is 10.8. The Hall–Kier alpha value is -7.42. The molecule has 0 unspecified atom stereocenters. The number of fused-ring (bicyclic) bond motifs is 3. The van der Waals surface area contributed by atoms with Crippen LogP contribution < -0.4 is 10.2 Å². The van der Waals surface area contributed by atoms with Crippen molar-refractivity contribution in [2.75, 3.05) is 10.2 Å². The van der Waals surface area contributed by atoms with Gasteiger partial charge < -0.3 is 10.2 Å². The van der Waals surface area contributed by atoms with Crippen LogP contribution in [0.1, 0.15) is 0 Å². The van der Waals surface area contributed by atoms with E-state index in [1.54, 1.807) is 0 Å². The number of nitrogens with zero attached hydrogens (tertiary/aromatic N) is 1. The number of para-hydroxylation sites is 2. The van der Waals surface area contributed by atoms with E-state index < -0.39 is 0 Å². The van der Waals surface area contributed by atoms with Gasteiger partial charge in [-0.25, -0.2) is 0 Å². The van der Waals surface area contributed by atoms with Gasteiger partial charge in [0.15, 0.2) is 0 Å². The van der Waals surface area contributed by atoms with E-state index in [-0.39, 0.29) is 0 Å². The Labute approximate surface area is 327 Å². The quantitative estimate of drug-likeness (QED) is 0.158. The maximum absolute atomic E-state index is 3.68. The summed E-state index contributed by atoms with van der Waals surface area (Å²) in [6.07, 6.45) is 0. The molecule has 0 atom stereocenters. The summed E-state index contributed by atoms with van der Waals surface area (Å²) in [5.74, 6) is 0. The average Bonchev–Trinajstić information content (AvgIpc) is 3.27. The van der Waals surface area contributed by atoms with E-state index in [4.69, 9.17) is 0 Å². The van der Waals surface area contributed by atoms with Gasteiger partial charge in [-0.2, -0.15) is 0 Å². The van der Waals surface area contributed by atoms with Crippen molar-refractivity contribution in [2.45, 2.75) is 0 Å². The van der Waals surface area contributed by atoms with Gasteiger partial charge in [-0.05, 0) is 126 Å². The van der Waals surface area contributed by atoms with Crippen LogP contribution in [0.15, 0.2) is 224 Å². The van der Waals surface area contributed by atoms with Crippen molar-refractivity contribution in [1.82, 2.24) is 0 Å². The molecule has 0 saturated carbocycles. The van der Waals surface area contributed by atoms with Crippen LogP contribution in [-0.2, 0) is 0 Å². The molecule has 0 amide bonds. The highest BCUT2D eigenvalue weighted by Gasteiger charge is 2.21. The molecule has 0 heterocycles. The van der Waals surface area contributed by atoms with Crippen LogP contribution in [0.25, 0.3) is 65.7 Å².